The van der Waals surface area contributed by atoms with E-state index in [4.69, 9.17) is 9.47 Å². The van der Waals surface area contributed by atoms with Crippen LogP contribution >= 0.6 is 0 Å². The predicted molar refractivity (Wildman–Crippen MR) is 129 cm³/mol. The molecular formula is C26H51NO4. The normalized spacial score (nSPS) is 11.0. The van der Waals surface area contributed by atoms with Crippen LogP contribution in [-0.2, 0) is 19.1 Å². The second-order valence-corrected chi connectivity index (χ2v) is 8.61. The highest BCUT2D eigenvalue weighted by Gasteiger charge is 2.01. The van der Waals surface area contributed by atoms with Gasteiger partial charge in [-0.1, -0.05) is 110 Å². The van der Waals surface area contributed by atoms with Crippen LogP contribution in [0.1, 0.15) is 122 Å². The molecule has 0 bridgehead atoms. The predicted octanol–water partition coefficient (Wildman–Crippen LogP) is 6.38. The Kier molecular flexibility index (Phi) is 26.3. The number of hydrogen-bond donors (Lipinski definition) is 1. The number of amides is 1. The summed E-state index contributed by atoms with van der Waals surface area (Å²) < 4.78 is 10.3. The highest BCUT2D eigenvalue weighted by atomic mass is 16.5. The molecule has 5 heteroatoms. The minimum atomic E-state index is 0.111. The molecule has 0 fully saturated rings. The Bertz CT molecular complexity index is 376. The summed E-state index contributed by atoms with van der Waals surface area (Å²) in [5.41, 5.74) is 0. The van der Waals surface area contributed by atoms with Gasteiger partial charge in [0.1, 0.15) is 12.9 Å². The molecule has 5 nitrogen and oxygen atoms in total. The summed E-state index contributed by atoms with van der Waals surface area (Å²) in [6.45, 7) is 4.26. The van der Waals surface area contributed by atoms with E-state index in [0.717, 1.165) is 19.1 Å². The van der Waals surface area contributed by atoms with Gasteiger partial charge in [0.05, 0.1) is 19.8 Å². The molecule has 0 rings (SSSR count). The summed E-state index contributed by atoms with van der Waals surface area (Å²) >= 11 is 0. The van der Waals surface area contributed by atoms with Crippen LogP contribution in [0.5, 0.6) is 0 Å². The molecule has 1 amide bonds. The average molecular weight is 442 g/mol. The standard InChI is InChI=1S/C26H51NO4/c1-2-3-4-5-6-7-8-9-10-11-12-13-14-15-16-17-18-19-26(29)27-20-22-30-24-25-31-23-21-28/h21H,2-20,22-25H2,1H3,(H,27,29). The van der Waals surface area contributed by atoms with E-state index in [9.17, 15) is 9.59 Å². The number of rotatable bonds is 26. The highest BCUT2D eigenvalue weighted by molar-refractivity contribution is 5.75. The van der Waals surface area contributed by atoms with E-state index >= 15 is 0 Å². The average Bonchev–Trinajstić information content (AvgIpc) is 2.77. The maximum Gasteiger partial charge on any atom is 0.220 e. The van der Waals surface area contributed by atoms with Crippen molar-refractivity contribution in [2.45, 2.75) is 122 Å². The second kappa shape index (κ2) is 27.1. The summed E-state index contributed by atoms with van der Waals surface area (Å²) in [5, 5.41) is 2.88. The Morgan fingerprint density at radius 1 is 0.645 bits per heavy atom. The lowest BCUT2D eigenvalue weighted by molar-refractivity contribution is -0.121. The van der Waals surface area contributed by atoms with Crippen LogP contribution in [0.15, 0.2) is 0 Å². The minimum absolute atomic E-state index is 0.111. The first-order valence-electron chi connectivity index (χ1n) is 13.2. The van der Waals surface area contributed by atoms with Crippen molar-refractivity contribution in [1.82, 2.24) is 5.32 Å². The van der Waals surface area contributed by atoms with Gasteiger partial charge in [-0.15, -0.1) is 0 Å². The van der Waals surface area contributed by atoms with Crippen molar-refractivity contribution in [3.8, 4) is 0 Å². The smallest absolute Gasteiger partial charge is 0.220 e. The third kappa shape index (κ3) is 27.0. The topological polar surface area (TPSA) is 64.6 Å². The number of carbonyl (C=O) groups is 2. The molecule has 0 unspecified atom stereocenters. The van der Waals surface area contributed by atoms with Gasteiger partial charge < -0.3 is 19.6 Å². The second-order valence-electron chi connectivity index (χ2n) is 8.61. The van der Waals surface area contributed by atoms with Crippen LogP contribution in [0.4, 0.5) is 0 Å². The molecular weight excluding hydrogens is 390 g/mol. The van der Waals surface area contributed by atoms with E-state index in [0.29, 0.717) is 32.8 Å². The first-order valence-corrected chi connectivity index (χ1v) is 13.2. The first kappa shape index (κ1) is 30.1. The SMILES string of the molecule is CCCCCCCCCCCCCCCCCCCC(=O)NCCOCCOCC=O. The Hall–Kier alpha value is -0.940. The molecule has 0 spiro atoms. The van der Waals surface area contributed by atoms with Crippen molar-refractivity contribution in [2.75, 3.05) is 33.0 Å². The molecule has 31 heavy (non-hydrogen) atoms. The lowest BCUT2D eigenvalue weighted by Crippen LogP contribution is -2.27. The van der Waals surface area contributed by atoms with E-state index in [1.165, 1.54) is 96.3 Å². The van der Waals surface area contributed by atoms with Gasteiger partial charge in [-0.25, -0.2) is 0 Å². The van der Waals surface area contributed by atoms with Gasteiger partial charge in [-0.2, -0.15) is 0 Å². The molecule has 184 valence electrons. The molecule has 0 aromatic heterocycles. The van der Waals surface area contributed by atoms with Crippen LogP contribution in [0.25, 0.3) is 0 Å². The van der Waals surface area contributed by atoms with Crippen molar-refractivity contribution in [1.29, 1.82) is 0 Å². The lowest BCUT2D eigenvalue weighted by atomic mass is 10.0. The monoisotopic (exact) mass is 441 g/mol. The Morgan fingerprint density at radius 3 is 1.58 bits per heavy atom. The number of hydrogen-bond acceptors (Lipinski definition) is 4. The number of unbranched alkanes of at least 4 members (excludes halogenated alkanes) is 16. The highest BCUT2D eigenvalue weighted by Crippen LogP contribution is 2.14. The molecule has 0 aliphatic heterocycles. The molecule has 1 N–H and O–H groups in total. The zero-order valence-corrected chi connectivity index (χ0v) is 20.5. The van der Waals surface area contributed by atoms with Crippen LogP contribution in [0.2, 0.25) is 0 Å². The fourth-order valence-electron chi connectivity index (χ4n) is 3.71. The Morgan fingerprint density at radius 2 is 1.10 bits per heavy atom. The zero-order valence-electron chi connectivity index (χ0n) is 20.5. The summed E-state index contributed by atoms with van der Waals surface area (Å²) in [4.78, 5) is 21.8. The van der Waals surface area contributed by atoms with Crippen molar-refractivity contribution in [2.24, 2.45) is 0 Å². The molecule has 0 atom stereocenters. The molecule has 0 aromatic carbocycles. The van der Waals surface area contributed by atoms with Crippen LogP contribution in [0.3, 0.4) is 0 Å². The van der Waals surface area contributed by atoms with Crippen molar-refractivity contribution < 1.29 is 19.1 Å². The van der Waals surface area contributed by atoms with Gasteiger partial charge in [-0.05, 0) is 6.42 Å². The third-order valence-corrected chi connectivity index (χ3v) is 5.63. The molecule has 0 saturated carbocycles. The van der Waals surface area contributed by atoms with E-state index in [1.54, 1.807) is 0 Å². The minimum Gasteiger partial charge on any atom is -0.377 e. The van der Waals surface area contributed by atoms with Gasteiger partial charge >= 0.3 is 0 Å². The molecule has 0 saturated heterocycles. The van der Waals surface area contributed by atoms with Crippen LogP contribution in [-0.4, -0.2) is 45.2 Å². The molecule has 0 aromatic rings. The van der Waals surface area contributed by atoms with E-state index in [1.807, 2.05) is 0 Å². The summed E-state index contributed by atoms with van der Waals surface area (Å²) in [5.74, 6) is 0.113. The van der Waals surface area contributed by atoms with Gasteiger partial charge in [0.25, 0.3) is 0 Å². The van der Waals surface area contributed by atoms with Gasteiger partial charge in [0.2, 0.25) is 5.91 Å². The summed E-state index contributed by atoms with van der Waals surface area (Å²) in [6, 6.07) is 0. The number of aldehydes is 1. The quantitative estimate of drug-likeness (QED) is 0.125. The van der Waals surface area contributed by atoms with E-state index in [-0.39, 0.29) is 12.5 Å². The number of ether oxygens (including phenoxy) is 2. The van der Waals surface area contributed by atoms with E-state index < -0.39 is 0 Å². The van der Waals surface area contributed by atoms with E-state index in [2.05, 4.69) is 12.2 Å². The lowest BCUT2D eigenvalue weighted by Gasteiger charge is -2.06. The number of carbonyl (C=O) groups excluding carboxylic acids is 2. The third-order valence-electron chi connectivity index (χ3n) is 5.63. The summed E-state index contributed by atoms with van der Waals surface area (Å²) in [7, 11) is 0. The number of nitrogens with one attached hydrogen (secondary N) is 1. The largest absolute Gasteiger partial charge is 0.377 e. The van der Waals surface area contributed by atoms with Gasteiger partial charge in [0.15, 0.2) is 0 Å². The fourth-order valence-corrected chi connectivity index (χ4v) is 3.71. The maximum absolute atomic E-state index is 11.7. The van der Waals surface area contributed by atoms with Crippen molar-refractivity contribution in [3.63, 3.8) is 0 Å². The first-order chi connectivity index (χ1) is 15.3. The van der Waals surface area contributed by atoms with Gasteiger partial charge in [0, 0.05) is 13.0 Å². The van der Waals surface area contributed by atoms with Crippen LogP contribution < -0.4 is 5.32 Å². The summed E-state index contributed by atoms with van der Waals surface area (Å²) in [6.07, 6.45) is 24.3. The Balaban J connectivity index is 3.12. The Labute approximate surface area is 192 Å². The molecule has 0 aliphatic carbocycles. The molecule has 0 aliphatic rings. The zero-order chi connectivity index (χ0) is 22.7. The molecule has 0 radical (unpaired) electrons. The van der Waals surface area contributed by atoms with Gasteiger partial charge in [-0.3, -0.25) is 4.79 Å². The van der Waals surface area contributed by atoms with Crippen molar-refractivity contribution in [3.05, 3.63) is 0 Å². The van der Waals surface area contributed by atoms with Crippen LogP contribution in [0, 0.1) is 0 Å². The van der Waals surface area contributed by atoms with Crippen molar-refractivity contribution >= 4 is 12.2 Å². The fraction of sp³-hybridized carbons (Fsp3) is 0.923. The maximum atomic E-state index is 11.7. The molecule has 0 heterocycles.